The first-order valence-electron chi connectivity index (χ1n) is 6.88. The van der Waals surface area contributed by atoms with Crippen molar-refractivity contribution in [3.05, 3.63) is 54.2 Å². The van der Waals surface area contributed by atoms with E-state index in [4.69, 9.17) is 5.11 Å². The van der Waals surface area contributed by atoms with Crippen LogP contribution in [0.5, 0.6) is 0 Å². The lowest BCUT2D eigenvalue weighted by atomic mass is 10.2. The number of hydrogen-bond acceptors (Lipinski definition) is 4. The van der Waals surface area contributed by atoms with Gasteiger partial charge >= 0.3 is 5.97 Å². The number of aromatic nitrogens is 1. The van der Waals surface area contributed by atoms with E-state index >= 15 is 0 Å². The molecule has 0 unspecified atom stereocenters. The smallest absolute Gasteiger partial charge is 0.303 e. The number of aliphatic carboxylic acids is 1. The Hall–Kier alpha value is -3.22. The molecule has 0 saturated carbocycles. The molecule has 0 fully saturated rings. The summed E-state index contributed by atoms with van der Waals surface area (Å²) >= 11 is 0. The fourth-order valence-electron chi connectivity index (χ4n) is 1.77. The molecule has 0 aliphatic rings. The van der Waals surface area contributed by atoms with Gasteiger partial charge in [-0.15, -0.1) is 0 Å². The number of nitrogens with one attached hydrogen (secondary N) is 2. The summed E-state index contributed by atoms with van der Waals surface area (Å²) in [6, 6.07) is 11.5. The lowest BCUT2D eigenvalue weighted by Crippen LogP contribution is -2.14. The largest absolute Gasteiger partial charge is 0.481 e. The summed E-state index contributed by atoms with van der Waals surface area (Å²) in [5, 5.41) is 13.7. The number of carbonyl (C=O) groups is 3. The summed E-state index contributed by atoms with van der Waals surface area (Å²) in [5.74, 6) is -1.28. The number of carbonyl (C=O) groups excluding carboxylic acids is 2. The third kappa shape index (κ3) is 5.24. The Kier molecular flexibility index (Phi) is 5.40. The Balaban J connectivity index is 1.92. The van der Waals surface area contributed by atoms with Gasteiger partial charge < -0.3 is 15.7 Å². The van der Waals surface area contributed by atoms with Crippen LogP contribution in [-0.4, -0.2) is 27.9 Å². The molecule has 3 N–H and O–H groups in total. The standard InChI is InChI=1S/C16H15N3O4/c20-14(8-9-15(21)22)18-12-6-4-11(5-7-12)16(23)19-13-3-1-2-10-17-13/h1-7,10H,8-9H2,(H,18,20)(H,21,22)(H,17,19,23). The Morgan fingerprint density at radius 3 is 2.30 bits per heavy atom. The second kappa shape index (κ2) is 7.69. The van der Waals surface area contributed by atoms with E-state index in [0.29, 0.717) is 17.1 Å². The second-order valence-electron chi connectivity index (χ2n) is 4.69. The van der Waals surface area contributed by atoms with Crippen molar-refractivity contribution in [3.8, 4) is 0 Å². The zero-order chi connectivity index (χ0) is 16.7. The molecular formula is C16H15N3O4. The van der Waals surface area contributed by atoms with Gasteiger partial charge in [-0.25, -0.2) is 4.98 Å². The van der Waals surface area contributed by atoms with Gasteiger partial charge in [0.25, 0.3) is 5.91 Å². The number of carboxylic acids is 1. The number of carboxylic acid groups (broad SMARTS) is 1. The molecule has 7 nitrogen and oxygen atoms in total. The minimum Gasteiger partial charge on any atom is -0.481 e. The van der Waals surface area contributed by atoms with E-state index in [0.717, 1.165) is 0 Å². The lowest BCUT2D eigenvalue weighted by molar-refractivity contribution is -0.138. The number of amides is 2. The molecule has 118 valence electrons. The van der Waals surface area contributed by atoms with E-state index in [2.05, 4.69) is 15.6 Å². The highest BCUT2D eigenvalue weighted by Gasteiger charge is 2.08. The van der Waals surface area contributed by atoms with Crippen molar-refractivity contribution in [2.24, 2.45) is 0 Å². The topological polar surface area (TPSA) is 108 Å². The van der Waals surface area contributed by atoms with Crippen LogP contribution in [-0.2, 0) is 9.59 Å². The average molecular weight is 313 g/mol. The second-order valence-corrected chi connectivity index (χ2v) is 4.69. The van der Waals surface area contributed by atoms with Gasteiger partial charge in [-0.05, 0) is 36.4 Å². The maximum Gasteiger partial charge on any atom is 0.303 e. The van der Waals surface area contributed by atoms with E-state index in [1.807, 2.05) is 0 Å². The maximum atomic E-state index is 12.0. The molecule has 0 bridgehead atoms. The fraction of sp³-hybridized carbons (Fsp3) is 0.125. The molecule has 2 amide bonds. The molecular weight excluding hydrogens is 298 g/mol. The zero-order valence-corrected chi connectivity index (χ0v) is 12.2. The molecule has 0 atom stereocenters. The molecule has 2 aromatic rings. The highest BCUT2D eigenvalue weighted by Crippen LogP contribution is 2.12. The van der Waals surface area contributed by atoms with Gasteiger partial charge in [0.1, 0.15) is 5.82 Å². The van der Waals surface area contributed by atoms with Crippen LogP contribution in [0.1, 0.15) is 23.2 Å². The van der Waals surface area contributed by atoms with Crippen molar-refractivity contribution in [2.45, 2.75) is 12.8 Å². The third-order valence-corrected chi connectivity index (χ3v) is 2.90. The molecule has 0 saturated heterocycles. The fourth-order valence-corrected chi connectivity index (χ4v) is 1.77. The van der Waals surface area contributed by atoms with Crippen LogP contribution in [0.4, 0.5) is 11.5 Å². The van der Waals surface area contributed by atoms with Crippen LogP contribution in [0, 0.1) is 0 Å². The molecule has 0 spiro atoms. The first-order chi connectivity index (χ1) is 11.0. The Morgan fingerprint density at radius 2 is 1.70 bits per heavy atom. The summed E-state index contributed by atoms with van der Waals surface area (Å²) in [7, 11) is 0. The molecule has 23 heavy (non-hydrogen) atoms. The van der Waals surface area contributed by atoms with E-state index in [-0.39, 0.29) is 18.7 Å². The molecule has 0 aliphatic heterocycles. The number of anilines is 2. The normalized spacial score (nSPS) is 9.91. The van der Waals surface area contributed by atoms with Gasteiger partial charge in [-0.2, -0.15) is 0 Å². The van der Waals surface area contributed by atoms with E-state index in [1.54, 1.807) is 48.7 Å². The monoisotopic (exact) mass is 313 g/mol. The van der Waals surface area contributed by atoms with Crippen molar-refractivity contribution in [1.29, 1.82) is 0 Å². The first kappa shape index (κ1) is 16.2. The van der Waals surface area contributed by atoms with Crippen molar-refractivity contribution in [1.82, 2.24) is 4.98 Å². The number of hydrogen-bond donors (Lipinski definition) is 3. The number of pyridine rings is 1. The van der Waals surface area contributed by atoms with Gasteiger partial charge in [-0.1, -0.05) is 6.07 Å². The summed E-state index contributed by atoms with van der Waals surface area (Å²) in [6.07, 6.45) is 1.25. The summed E-state index contributed by atoms with van der Waals surface area (Å²) in [4.78, 5) is 37.9. The van der Waals surface area contributed by atoms with E-state index < -0.39 is 11.9 Å². The van der Waals surface area contributed by atoms with Crippen molar-refractivity contribution in [2.75, 3.05) is 10.6 Å². The van der Waals surface area contributed by atoms with Crippen molar-refractivity contribution < 1.29 is 19.5 Å². The Bertz CT molecular complexity index is 699. The van der Waals surface area contributed by atoms with Crippen LogP contribution in [0.25, 0.3) is 0 Å². The van der Waals surface area contributed by atoms with Gasteiger partial charge in [0.15, 0.2) is 0 Å². The van der Waals surface area contributed by atoms with Gasteiger partial charge in [0.05, 0.1) is 6.42 Å². The molecule has 1 aromatic heterocycles. The van der Waals surface area contributed by atoms with E-state index in [1.165, 1.54) is 0 Å². The quantitative estimate of drug-likeness (QED) is 0.757. The number of nitrogens with zero attached hydrogens (tertiary/aromatic N) is 1. The molecule has 2 rings (SSSR count). The van der Waals surface area contributed by atoms with Crippen LogP contribution < -0.4 is 10.6 Å². The van der Waals surface area contributed by atoms with Gasteiger partial charge in [0.2, 0.25) is 5.91 Å². The Morgan fingerprint density at radius 1 is 0.957 bits per heavy atom. The summed E-state index contributed by atoms with van der Waals surface area (Å²) in [6.45, 7) is 0. The molecule has 0 aliphatic carbocycles. The van der Waals surface area contributed by atoms with Crippen molar-refractivity contribution >= 4 is 29.3 Å². The predicted molar refractivity (Wildman–Crippen MR) is 84.1 cm³/mol. The minimum atomic E-state index is -1.03. The van der Waals surface area contributed by atoms with Crippen molar-refractivity contribution in [3.63, 3.8) is 0 Å². The summed E-state index contributed by atoms with van der Waals surface area (Å²) in [5.41, 5.74) is 0.911. The molecule has 0 radical (unpaired) electrons. The Labute approximate surface area is 132 Å². The lowest BCUT2D eigenvalue weighted by Gasteiger charge is -2.07. The van der Waals surface area contributed by atoms with Crippen LogP contribution >= 0.6 is 0 Å². The SMILES string of the molecule is O=C(O)CCC(=O)Nc1ccc(C(=O)Nc2ccccn2)cc1. The molecule has 1 aromatic carbocycles. The number of rotatable bonds is 6. The minimum absolute atomic E-state index is 0.1000. The third-order valence-electron chi connectivity index (χ3n) is 2.90. The van der Waals surface area contributed by atoms with Gasteiger partial charge in [-0.3, -0.25) is 14.4 Å². The summed E-state index contributed by atoms with van der Waals surface area (Å²) < 4.78 is 0. The average Bonchev–Trinajstić information content (AvgIpc) is 2.54. The highest BCUT2D eigenvalue weighted by molar-refractivity contribution is 6.04. The van der Waals surface area contributed by atoms with Crippen LogP contribution in [0.15, 0.2) is 48.7 Å². The van der Waals surface area contributed by atoms with E-state index in [9.17, 15) is 14.4 Å². The van der Waals surface area contributed by atoms with Gasteiger partial charge in [0, 0.05) is 23.9 Å². The van der Waals surface area contributed by atoms with Crippen LogP contribution in [0.2, 0.25) is 0 Å². The number of benzene rings is 1. The maximum absolute atomic E-state index is 12.0. The molecule has 7 heteroatoms. The highest BCUT2D eigenvalue weighted by atomic mass is 16.4. The first-order valence-corrected chi connectivity index (χ1v) is 6.88. The zero-order valence-electron chi connectivity index (χ0n) is 12.2. The molecule has 1 heterocycles. The van der Waals surface area contributed by atoms with Crippen LogP contribution in [0.3, 0.4) is 0 Å². The predicted octanol–water partition coefficient (Wildman–Crippen LogP) is 2.14.